The van der Waals surface area contributed by atoms with Crippen LogP contribution >= 0.6 is 11.6 Å². The van der Waals surface area contributed by atoms with Crippen LogP contribution in [0.25, 0.3) is 0 Å². The third-order valence-electron chi connectivity index (χ3n) is 3.07. The number of hydrogen-bond donors (Lipinski definition) is 2. The molecule has 2 N–H and O–H groups in total. The quantitative estimate of drug-likeness (QED) is 0.909. The molecule has 0 spiro atoms. The fourth-order valence-electron chi connectivity index (χ4n) is 1.98. The molecule has 22 heavy (non-hydrogen) atoms. The summed E-state index contributed by atoms with van der Waals surface area (Å²) in [5.74, 6) is -1.31. The van der Waals surface area contributed by atoms with Gasteiger partial charge in [-0.05, 0) is 24.3 Å². The van der Waals surface area contributed by atoms with E-state index in [1.54, 1.807) is 24.3 Å². The molecule has 0 heterocycles. The second-order valence-electron chi connectivity index (χ2n) is 4.55. The molecule has 0 aliphatic carbocycles. The highest BCUT2D eigenvalue weighted by atomic mass is 35.5. The second kappa shape index (κ2) is 7.04. The lowest BCUT2D eigenvalue weighted by Crippen LogP contribution is -2.22. The Kier molecular flexibility index (Phi) is 5.12. The minimum absolute atomic E-state index is 0.124. The highest BCUT2D eigenvalue weighted by Gasteiger charge is 2.15. The van der Waals surface area contributed by atoms with Crippen LogP contribution in [0.1, 0.15) is 15.9 Å². The number of nitrogens with one attached hydrogen (secondary N) is 2. The predicted octanol–water partition coefficient (Wildman–Crippen LogP) is 3.02. The van der Waals surface area contributed by atoms with Crippen molar-refractivity contribution in [1.82, 2.24) is 5.32 Å². The third kappa shape index (κ3) is 3.62. The topological polar surface area (TPSA) is 58.2 Å². The van der Waals surface area contributed by atoms with E-state index in [-0.39, 0.29) is 22.9 Å². The molecule has 2 aromatic carbocycles. The van der Waals surface area contributed by atoms with Crippen molar-refractivity contribution in [2.75, 3.05) is 12.4 Å². The van der Waals surface area contributed by atoms with Crippen LogP contribution < -0.4 is 10.6 Å². The zero-order valence-electron chi connectivity index (χ0n) is 11.8. The van der Waals surface area contributed by atoms with Crippen LogP contribution in [0.5, 0.6) is 0 Å². The highest BCUT2D eigenvalue weighted by Crippen LogP contribution is 2.21. The van der Waals surface area contributed by atoms with Crippen molar-refractivity contribution in [3.8, 4) is 0 Å². The van der Waals surface area contributed by atoms with Crippen LogP contribution in [0.3, 0.4) is 0 Å². The fraction of sp³-hybridized carbons (Fsp3) is 0.125. The van der Waals surface area contributed by atoms with Crippen LogP contribution in [0.15, 0.2) is 42.5 Å². The number of rotatable bonds is 4. The standard InChI is InChI=1S/C16H14ClFN2O2/c1-19-16(22)10-5-2-3-8-14(10)20-15(21)9-11-12(17)6-4-7-13(11)18/h2-8H,9H2,1H3,(H,19,22)(H,20,21). The van der Waals surface area contributed by atoms with Gasteiger partial charge in [-0.25, -0.2) is 4.39 Å². The van der Waals surface area contributed by atoms with E-state index < -0.39 is 11.7 Å². The van der Waals surface area contributed by atoms with Crippen LogP contribution in [0.4, 0.5) is 10.1 Å². The number of carbonyl (C=O) groups excluding carboxylic acids is 2. The summed E-state index contributed by atoms with van der Waals surface area (Å²) < 4.78 is 13.7. The van der Waals surface area contributed by atoms with Crippen LogP contribution in [-0.2, 0) is 11.2 Å². The summed E-state index contributed by atoms with van der Waals surface area (Å²) >= 11 is 5.90. The Morgan fingerprint density at radius 2 is 1.86 bits per heavy atom. The largest absolute Gasteiger partial charge is 0.355 e. The molecule has 0 aliphatic rings. The first-order valence-corrected chi connectivity index (χ1v) is 6.94. The van der Waals surface area contributed by atoms with Crippen LogP contribution in [0.2, 0.25) is 5.02 Å². The summed E-state index contributed by atoms with van der Waals surface area (Å²) in [6, 6.07) is 10.8. The van der Waals surface area contributed by atoms with Crippen LogP contribution in [0, 0.1) is 5.82 Å². The van der Waals surface area contributed by atoms with Gasteiger partial charge >= 0.3 is 0 Å². The van der Waals surface area contributed by atoms with Crippen LogP contribution in [-0.4, -0.2) is 18.9 Å². The smallest absolute Gasteiger partial charge is 0.253 e. The number of anilines is 1. The lowest BCUT2D eigenvalue weighted by Gasteiger charge is -2.11. The Balaban J connectivity index is 2.18. The third-order valence-corrected chi connectivity index (χ3v) is 3.43. The molecule has 6 heteroatoms. The van der Waals surface area contributed by atoms with Crippen molar-refractivity contribution in [3.63, 3.8) is 0 Å². The number of amides is 2. The van der Waals surface area contributed by atoms with Gasteiger partial charge in [-0.3, -0.25) is 9.59 Å². The Morgan fingerprint density at radius 3 is 2.55 bits per heavy atom. The summed E-state index contributed by atoms with van der Waals surface area (Å²) in [5.41, 5.74) is 0.816. The van der Waals surface area contributed by atoms with E-state index in [4.69, 9.17) is 11.6 Å². The van der Waals surface area contributed by atoms with E-state index in [1.165, 1.54) is 25.2 Å². The van der Waals surface area contributed by atoms with Gasteiger partial charge in [-0.2, -0.15) is 0 Å². The summed E-state index contributed by atoms with van der Waals surface area (Å²) in [5, 5.41) is 5.28. The Hall–Kier alpha value is -2.40. The molecule has 0 saturated carbocycles. The van der Waals surface area contributed by atoms with Crippen molar-refractivity contribution in [3.05, 3.63) is 64.4 Å². The molecule has 0 atom stereocenters. The maximum atomic E-state index is 13.7. The number of carbonyl (C=O) groups is 2. The number of halogens is 2. The number of benzene rings is 2. The molecule has 114 valence electrons. The molecular formula is C16H14ClFN2O2. The van der Waals surface area contributed by atoms with E-state index >= 15 is 0 Å². The molecule has 0 fully saturated rings. The lowest BCUT2D eigenvalue weighted by atomic mass is 10.1. The Morgan fingerprint density at radius 1 is 1.14 bits per heavy atom. The molecule has 2 aromatic rings. The Labute approximate surface area is 132 Å². The van der Waals surface area contributed by atoms with Gasteiger partial charge in [-0.1, -0.05) is 29.8 Å². The zero-order chi connectivity index (χ0) is 16.1. The van der Waals surface area contributed by atoms with Gasteiger partial charge in [0, 0.05) is 17.6 Å². The maximum absolute atomic E-state index is 13.7. The maximum Gasteiger partial charge on any atom is 0.253 e. The van der Waals surface area contributed by atoms with Gasteiger partial charge in [-0.15, -0.1) is 0 Å². The molecule has 2 amide bonds. The fourth-order valence-corrected chi connectivity index (χ4v) is 2.21. The monoisotopic (exact) mass is 320 g/mol. The number of hydrogen-bond acceptors (Lipinski definition) is 2. The van der Waals surface area contributed by atoms with E-state index in [0.29, 0.717) is 11.3 Å². The van der Waals surface area contributed by atoms with E-state index in [9.17, 15) is 14.0 Å². The normalized spacial score (nSPS) is 10.1. The summed E-state index contributed by atoms with van der Waals surface area (Å²) in [4.78, 5) is 23.8. The van der Waals surface area contributed by atoms with Crippen molar-refractivity contribution in [1.29, 1.82) is 0 Å². The van der Waals surface area contributed by atoms with E-state index in [2.05, 4.69) is 10.6 Å². The summed E-state index contributed by atoms with van der Waals surface area (Å²) in [6.45, 7) is 0. The van der Waals surface area contributed by atoms with Gasteiger partial charge in [0.1, 0.15) is 5.82 Å². The van der Waals surface area contributed by atoms with Gasteiger partial charge in [0.05, 0.1) is 17.7 Å². The number of para-hydroxylation sites is 1. The first-order valence-electron chi connectivity index (χ1n) is 6.56. The van der Waals surface area contributed by atoms with Gasteiger partial charge in [0.2, 0.25) is 5.91 Å². The van der Waals surface area contributed by atoms with Crippen molar-refractivity contribution in [2.24, 2.45) is 0 Å². The molecule has 0 saturated heterocycles. The first-order chi connectivity index (χ1) is 10.5. The minimum Gasteiger partial charge on any atom is -0.355 e. The minimum atomic E-state index is -0.540. The SMILES string of the molecule is CNC(=O)c1ccccc1NC(=O)Cc1c(F)cccc1Cl. The average Bonchev–Trinajstić information content (AvgIpc) is 2.51. The molecule has 2 rings (SSSR count). The second-order valence-corrected chi connectivity index (χ2v) is 4.96. The summed E-state index contributed by atoms with van der Waals surface area (Å²) in [7, 11) is 1.50. The molecule has 0 bridgehead atoms. The Bertz CT molecular complexity index is 699. The van der Waals surface area contributed by atoms with E-state index in [0.717, 1.165) is 0 Å². The van der Waals surface area contributed by atoms with Gasteiger partial charge in [0.15, 0.2) is 0 Å². The predicted molar refractivity (Wildman–Crippen MR) is 83.6 cm³/mol. The average molecular weight is 321 g/mol. The summed E-state index contributed by atoms with van der Waals surface area (Å²) in [6.07, 6.45) is -0.215. The van der Waals surface area contributed by atoms with Crippen molar-refractivity contribution in [2.45, 2.75) is 6.42 Å². The molecule has 0 aromatic heterocycles. The molecule has 0 aliphatic heterocycles. The zero-order valence-corrected chi connectivity index (χ0v) is 12.6. The van der Waals surface area contributed by atoms with Crippen molar-refractivity contribution >= 4 is 29.1 Å². The first kappa shape index (κ1) is 16.0. The lowest BCUT2D eigenvalue weighted by molar-refractivity contribution is -0.115. The highest BCUT2D eigenvalue weighted by molar-refractivity contribution is 6.31. The van der Waals surface area contributed by atoms with Gasteiger partial charge < -0.3 is 10.6 Å². The van der Waals surface area contributed by atoms with E-state index in [1.807, 2.05) is 0 Å². The van der Waals surface area contributed by atoms with Crippen molar-refractivity contribution < 1.29 is 14.0 Å². The molecule has 0 unspecified atom stereocenters. The molecule has 0 radical (unpaired) electrons. The molecule has 4 nitrogen and oxygen atoms in total. The molecular weight excluding hydrogens is 307 g/mol. The van der Waals surface area contributed by atoms with Gasteiger partial charge in [0.25, 0.3) is 5.91 Å².